The van der Waals surface area contributed by atoms with Gasteiger partial charge in [0.1, 0.15) is 0 Å². The van der Waals surface area contributed by atoms with Crippen molar-refractivity contribution in [1.82, 2.24) is 9.97 Å². The Labute approximate surface area is 135 Å². The van der Waals surface area contributed by atoms with E-state index in [0.717, 1.165) is 11.3 Å². The summed E-state index contributed by atoms with van der Waals surface area (Å²) in [6.07, 6.45) is 0. The van der Waals surface area contributed by atoms with E-state index in [1.54, 1.807) is 6.07 Å². The van der Waals surface area contributed by atoms with Crippen LogP contribution in [0.25, 0.3) is 10.9 Å². The van der Waals surface area contributed by atoms with E-state index in [1.807, 2.05) is 50.3 Å². The first kappa shape index (κ1) is 15.1. The summed E-state index contributed by atoms with van der Waals surface area (Å²) in [7, 11) is 5.96. The van der Waals surface area contributed by atoms with Crippen LogP contribution >= 0.6 is 0 Å². The molecule has 1 N–H and O–H groups in total. The number of aromatic nitrogens is 2. The highest BCUT2D eigenvalue weighted by Crippen LogP contribution is 2.17. The maximum Gasteiger partial charge on any atom is 0.260 e. The van der Waals surface area contributed by atoms with Crippen LogP contribution in [0.4, 0.5) is 11.6 Å². The zero-order valence-corrected chi connectivity index (χ0v) is 13.6. The van der Waals surface area contributed by atoms with Crippen molar-refractivity contribution < 1.29 is 0 Å². The molecule has 5 heteroatoms. The van der Waals surface area contributed by atoms with Gasteiger partial charge >= 0.3 is 0 Å². The molecule has 0 saturated heterocycles. The van der Waals surface area contributed by atoms with Gasteiger partial charge < -0.3 is 9.80 Å². The minimum absolute atomic E-state index is 0.112. The summed E-state index contributed by atoms with van der Waals surface area (Å²) in [5, 5.41) is 0.610. The van der Waals surface area contributed by atoms with Crippen molar-refractivity contribution in [3.63, 3.8) is 0 Å². The van der Waals surface area contributed by atoms with E-state index >= 15 is 0 Å². The van der Waals surface area contributed by atoms with Gasteiger partial charge in [-0.3, -0.25) is 9.78 Å². The predicted octanol–water partition coefficient (Wildman–Crippen LogP) is 2.63. The quantitative estimate of drug-likeness (QED) is 0.805. The molecule has 0 radical (unpaired) electrons. The predicted molar refractivity (Wildman–Crippen MR) is 95.2 cm³/mol. The highest BCUT2D eigenvalue weighted by molar-refractivity contribution is 5.78. The first-order valence-electron chi connectivity index (χ1n) is 7.51. The molecule has 0 atom stereocenters. The van der Waals surface area contributed by atoms with Crippen LogP contribution in [0.3, 0.4) is 0 Å². The normalized spacial score (nSPS) is 10.7. The van der Waals surface area contributed by atoms with E-state index in [9.17, 15) is 4.79 Å². The van der Waals surface area contributed by atoms with Gasteiger partial charge in [-0.1, -0.05) is 24.3 Å². The van der Waals surface area contributed by atoms with Gasteiger partial charge in [0, 0.05) is 33.4 Å². The van der Waals surface area contributed by atoms with Gasteiger partial charge in [0.15, 0.2) is 0 Å². The molecule has 3 rings (SSSR count). The molecule has 2 aromatic carbocycles. The number of benzene rings is 2. The average molecular weight is 308 g/mol. The highest BCUT2D eigenvalue weighted by Gasteiger charge is 2.08. The maximum absolute atomic E-state index is 12.2. The largest absolute Gasteiger partial charge is 0.378 e. The summed E-state index contributed by atoms with van der Waals surface area (Å²) in [4.78, 5) is 23.6. The monoisotopic (exact) mass is 308 g/mol. The number of aromatic amines is 1. The van der Waals surface area contributed by atoms with E-state index in [1.165, 1.54) is 0 Å². The van der Waals surface area contributed by atoms with Crippen LogP contribution in [0.1, 0.15) is 5.56 Å². The van der Waals surface area contributed by atoms with Gasteiger partial charge in [-0.05, 0) is 29.8 Å². The molecule has 23 heavy (non-hydrogen) atoms. The summed E-state index contributed by atoms with van der Waals surface area (Å²) in [6.45, 7) is 0.670. The van der Waals surface area contributed by atoms with Crippen LogP contribution in [0.2, 0.25) is 0 Å². The molecule has 0 saturated carbocycles. The lowest BCUT2D eigenvalue weighted by molar-refractivity contribution is 0.867. The van der Waals surface area contributed by atoms with Crippen molar-refractivity contribution in [2.45, 2.75) is 6.54 Å². The van der Waals surface area contributed by atoms with Gasteiger partial charge in [0.25, 0.3) is 5.56 Å². The number of para-hydroxylation sites is 1. The standard InChI is InChI=1S/C18H20N4O/c1-21(2)14-8-6-7-13(11-14)12-22(3)18-19-16-10-5-4-9-15(16)17(23)20-18/h4-11H,12H2,1-3H3,(H,19,20,23). The molecule has 3 aromatic rings. The highest BCUT2D eigenvalue weighted by atomic mass is 16.1. The average Bonchev–Trinajstić information content (AvgIpc) is 2.55. The molecule has 0 amide bonds. The Balaban J connectivity index is 1.90. The SMILES string of the molecule is CN(C)c1cccc(CN(C)c2nc3ccccc3c(=O)[nH]2)c1. The van der Waals surface area contributed by atoms with Crippen molar-refractivity contribution in [3.05, 3.63) is 64.4 Å². The second-order valence-electron chi connectivity index (χ2n) is 5.83. The molecular weight excluding hydrogens is 288 g/mol. The van der Waals surface area contributed by atoms with Gasteiger partial charge in [-0.25, -0.2) is 4.98 Å². The lowest BCUT2D eigenvalue weighted by Crippen LogP contribution is -2.23. The van der Waals surface area contributed by atoms with Crippen LogP contribution in [-0.4, -0.2) is 31.1 Å². The Bertz CT molecular complexity index is 885. The fourth-order valence-electron chi connectivity index (χ4n) is 2.54. The van der Waals surface area contributed by atoms with Crippen molar-refractivity contribution in [2.75, 3.05) is 30.9 Å². The van der Waals surface area contributed by atoms with Gasteiger partial charge in [0.05, 0.1) is 10.9 Å². The molecule has 5 nitrogen and oxygen atoms in total. The van der Waals surface area contributed by atoms with Crippen molar-refractivity contribution in [2.24, 2.45) is 0 Å². The molecule has 1 heterocycles. The molecule has 0 fully saturated rings. The van der Waals surface area contributed by atoms with Crippen molar-refractivity contribution in [1.29, 1.82) is 0 Å². The Hall–Kier alpha value is -2.82. The second-order valence-corrected chi connectivity index (χ2v) is 5.83. The van der Waals surface area contributed by atoms with Crippen LogP contribution in [0, 0.1) is 0 Å². The number of nitrogens with one attached hydrogen (secondary N) is 1. The summed E-state index contributed by atoms with van der Waals surface area (Å²) in [5.41, 5.74) is 2.91. The smallest absolute Gasteiger partial charge is 0.260 e. The van der Waals surface area contributed by atoms with Crippen molar-refractivity contribution >= 4 is 22.5 Å². The fraction of sp³-hybridized carbons (Fsp3) is 0.222. The zero-order valence-electron chi connectivity index (χ0n) is 13.6. The number of anilines is 2. The molecule has 118 valence electrons. The Kier molecular flexibility index (Phi) is 4.02. The van der Waals surface area contributed by atoms with Crippen LogP contribution in [-0.2, 0) is 6.54 Å². The molecule has 1 aromatic heterocycles. The van der Waals surface area contributed by atoms with E-state index in [0.29, 0.717) is 23.4 Å². The van der Waals surface area contributed by atoms with Gasteiger partial charge in [-0.2, -0.15) is 0 Å². The first-order chi connectivity index (χ1) is 11.0. The molecule has 0 bridgehead atoms. The van der Waals surface area contributed by atoms with E-state index in [4.69, 9.17) is 0 Å². The minimum Gasteiger partial charge on any atom is -0.378 e. The number of hydrogen-bond acceptors (Lipinski definition) is 4. The van der Waals surface area contributed by atoms with Crippen LogP contribution in [0.15, 0.2) is 53.3 Å². The number of rotatable bonds is 4. The summed E-state index contributed by atoms with van der Waals surface area (Å²) in [6, 6.07) is 15.7. The minimum atomic E-state index is -0.112. The van der Waals surface area contributed by atoms with E-state index in [-0.39, 0.29) is 5.56 Å². The Morgan fingerprint density at radius 1 is 1.04 bits per heavy atom. The van der Waals surface area contributed by atoms with Crippen LogP contribution in [0.5, 0.6) is 0 Å². The third-order valence-corrected chi connectivity index (χ3v) is 3.81. The summed E-state index contributed by atoms with van der Waals surface area (Å²) in [5.74, 6) is 0.573. The molecule has 0 unspecified atom stereocenters. The fourth-order valence-corrected chi connectivity index (χ4v) is 2.54. The Morgan fingerprint density at radius 3 is 2.61 bits per heavy atom. The topological polar surface area (TPSA) is 52.2 Å². The van der Waals surface area contributed by atoms with Gasteiger partial charge in [0.2, 0.25) is 5.95 Å². The van der Waals surface area contributed by atoms with E-state index < -0.39 is 0 Å². The molecule has 0 aliphatic carbocycles. The number of fused-ring (bicyclic) bond motifs is 1. The maximum atomic E-state index is 12.2. The molecule has 0 spiro atoms. The van der Waals surface area contributed by atoms with E-state index in [2.05, 4.69) is 33.1 Å². The molecular formula is C18H20N4O. The molecule has 0 aliphatic heterocycles. The zero-order chi connectivity index (χ0) is 16.4. The lowest BCUT2D eigenvalue weighted by Gasteiger charge is -2.19. The number of nitrogens with zero attached hydrogens (tertiary/aromatic N) is 3. The Morgan fingerprint density at radius 2 is 1.83 bits per heavy atom. The van der Waals surface area contributed by atoms with Gasteiger partial charge in [-0.15, -0.1) is 0 Å². The number of hydrogen-bond donors (Lipinski definition) is 1. The second kappa shape index (κ2) is 6.12. The summed E-state index contributed by atoms with van der Waals surface area (Å²) < 4.78 is 0. The number of H-pyrrole nitrogens is 1. The van der Waals surface area contributed by atoms with Crippen molar-refractivity contribution in [3.8, 4) is 0 Å². The summed E-state index contributed by atoms with van der Waals surface area (Å²) >= 11 is 0. The van der Waals surface area contributed by atoms with Crippen LogP contribution < -0.4 is 15.4 Å². The third kappa shape index (κ3) is 3.18. The lowest BCUT2D eigenvalue weighted by atomic mass is 10.2. The molecule has 0 aliphatic rings. The first-order valence-corrected chi connectivity index (χ1v) is 7.51. The third-order valence-electron chi connectivity index (χ3n) is 3.81.